The van der Waals surface area contributed by atoms with Gasteiger partial charge in [-0.3, -0.25) is 0 Å². The maximum absolute atomic E-state index is 6.19. The van der Waals surface area contributed by atoms with Crippen molar-refractivity contribution < 1.29 is 18.6 Å². The van der Waals surface area contributed by atoms with Gasteiger partial charge in [0.05, 0.1) is 0 Å². The molecule has 27 valence electrons. The second-order valence-electron chi connectivity index (χ2n) is 0.310. The quantitative estimate of drug-likeness (QED) is 0.245. The maximum atomic E-state index is 6.19. The molecular formula is C3H2IV-. The van der Waals surface area contributed by atoms with E-state index in [0.29, 0.717) is 4.43 Å². The molecule has 0 saturated heterocycles. The average Bonchev–Trinajstić information content (AvgIpc) is 1.37. The monoisotopic (exact) mass is 216 g/mol. The topological polar surface area (TPSA) is 0 Å². The molecule has 0 rings (SSSR count). The van der Waals surface area contributed by atoms with Crippen LogP contribution in [0, 0.1) is 12.3 Å². The molecule has 0 N–H and O–H groups in total. The fourth-order valence-electron chi connectivity index (χ4n) is 0. The Morgan fingerprint density at radius 1 is 1.80 bits per heavy atom. The second-order valence-corrected chi connectivity index (χ2v) is 1.07. The van der Waals surface area contributed by atoms with Crippen LogP contribution in [-0.2, 0) is 18.6 Å². The molecule has 0 amide bonds. The molecule has 0 aromatic heterocycles. The average molecular weight is 216 g/mol. The van der Waals surface area contributed by atoms with E-state index in [4.69, 9.17) is 6.42 Å². The Hall–Kier alpha value is 0.874. The van der Waals surface area contributed by atoms with Crippen LogP contribution in [0.5, 0.6) is 0 Å². The molecule has 1 radical (unpaired) electrons. The zero-order chi connectivity index (χ0) is 3.41. The van der Waals surface area contributed by atoms with Crippen molar-refractivity contribution in [1.29, 1.82) is 0 Å². The third-order valence-corrected chi connectivity index (χ3v) is 0.448. The minimum absolute atomic E-state index is 0. The van der Waals surface area contributed by atoms with E-state index in [1.807, 2.05) is 0 Å². The molecule has 0 fully saturated rings. The van der Waals surface area contributed by atoms with E-state index in [1.165, 1.54) is 0 Å². The van der Waals surface area contributed by atoms with E-state index in [0.717, 1.165) is 0 Å². The number of hydrogen-bond donors (Lipinski definition) is 0. The van der Waals surface area contributed by atoms with Gasteiger partial charge in [0.15, 0.2) is 0 Å². The van der Waals surface area contributed by atoms with E-state index in [-0.39, 0.29) is 18.6 Å². The van der Waals surface area contributed by atoms with Crippen LogP contribution in [0.15, 0.2) is 0 Å². The van der Waals surface area contributed by atoms with E-state index < -0.39 is 0 Å². The van der Waals surface area contributed by atoms with Gasteiger partial charge < -0.3 is 12.3 Å². The Labute approximate surface area is 57.7 Å². The summed E-state index contributed by atoms with van der Waals surface area (Å²) in [7, 11) is 0. The molecule has 0 aromatic rings. The summed E-state index contributed by atoms with van der Waals surface area (Å²) in [5.74, 6) is 2.17. The van der Waals surface area contributed by atoms with Gasteiger partial charge >= 0.3 is 0 Å². The van der Waals surface area contributed by atoms with E-state index in [2.05, 4.69) is 28.5 Å². The van der Waals surface area contributed by atoms with Crippen molar-refractivity contribution in [3.8, 4) is 5.92 Å². The molecule has 0 aromatic carbocycles. The van der Waals surface area contributed by atoms with Crippen molar-refractivity contribution in [2.24, 2.45) is 0 Å². The van der Waals surface area contributed by atoms with Gasteiger partial charge in [-0.25, -0.2) is 0 Å². The minimum Gasteiger partial charge on any atom is -0.693 e. The molecule has 0 aliphatic rings. The molecule has 0 unspecified atom stereocenters. The first-order valence-electron chi connectivity index (χ1n) is 0.871. The van der Waals surface area contributed by atoms with Gasteiger partial charge in [-0.15, -0.1) is 0 Å². The number of alkyl halides is 1. The molecule has 0 nitrogen and oxygen atoms in total. The normalized spacial score (nSPS) is 4.00. The third-order valence-electron chi connectivity index (χ3n) is 0.0668. The largest absolute Gasteiger partial charge is 0.693 e. The Bertz CT molecular complexity index is 36.6. The first-order chi connectivity index (χ1) is 1.91. The molecule has 0 bridgehead atoms. The number of rotatable bonds is 0. The molecule has 0 aliphatic carbocycles. The van der Waals surface area contributed by atoms with Gasteiger partial charge in [-0.1, -0.05) is 22.6 Å². The molecule has 5 heavy (non-hydrogen) atoms. The van der Waals surface area contributed by atoms with Gasteiger partial charge in [0.25, 0.3) is 0 Å². The summed E-state index contributed by atoms with van der Waals surface area (Å²) in [6, 6.07) is 0. The predicted octanol–water partition coefficient (Wildman–Crippen LogP) is 1.01. The maximum Gasteiger partial charge on any atom is 0.0215 e. The standard InChI is InChI=1S/C3H2I.V/c1-2-3-4;/h3H2;/q-1;. The first-order valence-corrected chi connectivity index (χ1v) is 2.40. The zero-order valence-electron chi connectivity index (χ0n) is 2.53. The summed E-state index contributed by atoms with van der Waals surface area (Å²) in [5.41, 5.74) is 0. The van der Waals surface area contributed by atoms with Crippen molar-refractivity contribution in [3.63, 3.8) is 0 Å². The van der Waals surface area contributed by atoms with Crippen molar-refractivity contribution in [2.75, 3.05) is 4.43 Å². The van der Waals surface area contributed by atoms with Gasteiger partial charge in [0.2, 0.25) is 0 Å². The zero-order valence-corrected chi connectivity index (χ0v) is 6.09. The fraction of sp³-hybridized carbons (Fsp3) is 0.333. The molecule has 0 aliphatic heterocycles. The third kappa shape index (κ3) is 11.5. The molecule has 0 atom stereocenters. The van der Waals surface area contributed by atoms with E-state index in [9.17, 15) is 0 Å². The minimum atomic E-state index is 0. The van der Waals surface area contributed by atoms with Gasteiger partial charge in [-0.2, -0.15) is 0 Å². The molecule has 0 saturated carbocycles. The van der Waals surface area contributed by atoms with Crippen LogP contribution >= 0.6 is 22.6 Å². The second kappa shape index (κ2) is 8.86. The molecule has 0 spiro atoms. The van der Waals surface area contributed by atoms with Crippen molar-refractivity contribution >= 4 is 22.6 Å². The Morgan fingerprint density at radius 3 is 2.00 bits per heavy atom. The molecular weight excluding hydrogens is 214 g/mol. The summed E-state index contributed by atoms with van der Waals surface area (Å²) in [5, 5.41) is 0. The smallest absolute Gasteiger partial charge is 0.0215 e. The van der Waals surface area contributed by atoms with Crippen molar-refractivity contribution in [3.05, 3.63) is 6.42 Å². The Balaban J connectivity index is 0. The van der Waals surface area contributed by atoms with Gasteiger partial charge in [-0.05, 0) is 0 Å². The van der Waals surface area contributed by atoms with Crippen LogP contribution in [0.1, 0.15) is 0 Å². The summed E-state index contributed by atoms with van der Waals surface area (Å²) in [6.45, 7) is 0. The van der Waals surface area contributed by atoms with Gasteiger partial charge in [0, 0.05) is 23.0 Å². The molecule has 0 heterocycles. The molecule has 2 heteroatoms. The summed E-state index contributed by atoms with van der Waals surface area (Å²) >= 11 is 2.05. The van der Waals surface area contributed by atoms with E-state index in [1.54, 1.807) is 0 Å². The summed E-state index contributed by atoms with van der Waals surface area (Å²) in [4.78, 5) is 0. The Kier molecular flexibility index (Phi) is 16.5. The van der Waals surface area contributed by atoms with Crippen LogP contribution in [0.2, 0.25) is 0 Å². The fourth-order valence-corrected chi connectivity index (χ4v) is 0. The summed E-state index contributed by atoms with van der Waals surface area (Å²) < 4.78 is 0.706. The van der Waals surface area contributed by atoms with Crippen LogP contribution in [0.25, 0.3) is 0 Å². The first kappa shape index (κ1) is 9.30. The van der Waals surface area contributed by atoms with Gasteiger partial charge in [0.1, 0.15) is 0 Å². The van der Waals surface area contributed by atoms with Crippen LogP contribution in [-0.4, -0.2) is 4.43 Å². The van der Waals surface area contributed by atoms with Crippen LogP contribution in [0.3, 0.4) is 0 Å². The predicted molar refractivity (Wildman–Crippen MR) is 26.0 cm³/mol. The van der Waals surface area contributed by atoms with Crippen LogP contribution in [0.4, 0.5) is 0 Å². The Morgan fingerprint density at radius 2 is 2.00 bits per heavy atom. The number of halogens is 1. The number of hydrogen-bond acceptors (Lipinski definition) is 0. The van der Waals surface area contributed by atoms with Crippen LogP contribution < -0.4 is 0 Å². The van der Waals surface area contributed by atoms with Crippen molar-refractivity contribution in [2.45, 2.75) is 0 Å². The SMILES string of the molecule is [C-]#CCI.[V]. The van der Waals surface area contributed by atoms with E-state index >= 15 is 0 Å². The van der Waals surface area contributed by atoms with Crippen molar-refractivity contribution in [1.82, 2.24) is 0 Å². The summed E-state index contributed by atoms with van der Waals surface area (Å²) in [6.07, 6.45) is 6.19.